The quantitative estimate of drug-likeness (QED) is 0.208. The number of aliphatic carboxylic acids is 1. The molecule has 44 heavy (non-hydrogen) atoms. The molecule has 0 radical (unpaired) electrons. The van der Waals surface area contributed by atoms with Gasteiger partial charge in [-0.25, -0.2) is 4.79 Å². The van der Waals surface area contributed by atoms with Gasteiger partial charge in [0.05, 0.1) is 11.8 Å². The molecule has 4 aliphatic carbocycles. The highest BCUT2D eigenvalue weighted by atomic mass is 16.6. The highest BCUT2D eigenvalue weighted by Crippen LogP contribution is 2.67. The summed E-state index contributed by atoms with van der Waals surface area (Å²) < 4.78 is 0. The predicted molar refractivity (Wildman–Crippen MR) is 163 cm³/mol. The van der Waals surface area contributed by atoms with Gasteiger partial charge in [-0.05, 0) is 91.9 Å². The lowest BCUT2D eigenvalue weighted by atomic mass is 9.45. The summed E-state index contributed by atoms with van der Waals surface area (Å²) in [5.41, 5.74) is 1.45. The van der Waals surface area contributed by atoms with E-state index in [0.29, 0.717) is 30.3 Å². The summed E-state index contributed by atoms with van der Waals surface area (Å²) in [6.45, 7) is 3.87. The van der Waals surface area contributed by atoms with Crippen LogP contribution in [0.4, 0.5) is 0 Å². The number of carboxylic acid groups (broad SMARTS) is 1. The summed E-state index contributed by atoms with van der Waals surface area (Å²) >= 11 is 0. The van der Waals surface area contributed by atoms with Gasteiger partial charge in [0.2, 0.25) is 0 Å². The summed E-state index contributed by atoms with van der Waals surface area (Å²) in [6.07, 6.45) is 14.1. The number of nitrogens with one attached hydrogen (secondary N) is 2. The lowest BCUT2D eigenvalue weighted by Gasteiger charge is -2.60. The van der Waals surface area contributed by atoms with Gasteiger partial charge >= 0.3 is 5.97 Å². The number of aromatic hydroxyl groups is 1. The summed E-state index contributed by atoms with van der Waals surface area (Å²) in [6, 6.07) is 3.61. The van der Waals surface area contributed by atoms with Crippen molar-refractivity contribution in [1.82, 2.24) is 10.3 Å². The van der Waals surface area contributed by atoms with Crippen LogP contribution in [0.1, 0.15) is 64.4 Å². The molecule has 234 valence electrons. The third-order valence-electron chi connectivity index (χ3n) is 11.5. The number of phenols is 1. The van der Waals surface area contributed by atoms with Crippen LogP contribution in [0.5, 0.6) is 5.75 Å². The average molecular weight is 604 g/mol. The fourth-order valence-corrected chi connectivity index (χ4v) is 9.19. The lowest BCUT2D eigenvalue weighted by Crippen LogP contribution is -2.59. The normalized spacial score (nSPS) is 36.0. The molecule has 6 rings (SSSR count). The minimum Gasteiger partial charge on any atom is -0.508 e. The van der Waals surface area contributed by atoms with E-state index in [-0.39, 0.29) is 35.3 Å². The first kappa shape index (κ1) is 30.2. The van der Waals surface area contributed by atoms with Crippen LogP contribution in [0.25, 0.3) is 10.9 Å². The molecule has 1 aromatic carbocycles. The largest absolute Gasteiger partial charge is 0.508 e. The van der Waals surface area contributed by atoms with Crippen molar-refractivity contribution in [3.8, 4) is 18.1 Å². The number of rotatable bonds is 7. The zero-order chi connectivity index (χ0) is 31.4. The van der Waals surface area contributed by atoms with Gasteiger partial charge in [0, 0.05) is 35.0 Å². The molecule has 8 atom stereocenters. The second-order valence-corrected chi connectivity index (χ2v) is 13.7. The first-order chi connectivity index (χ1) is 20.9. The van der Waals surface area contributed by atoms with Gasteiger partial charge in [0.1, 0.15) is 17.4 Å². The van der Waals surface area contributed by atoms with Crippen molar-refractivity contribution in [1.29, 1.82) is 0 Å². The second-order valence-electron chi connectivity index (χ2n) is 13.7. The monoisotopic (exact) mass is 603 g/mol. The highest BCUT2D eigenvalue weighted by molar-refractivity contribution is 5.96. The van der Waals surface area contributed by atoms with E-state index in [1.54, 1.807) is 18.3 Å². The number of phenolic OH excluding ortho intramolecular Hbond substituents is 1. The Morgan fingerprint density at radius 2 is 2.05 bits per heavy atom. The van der Waals surface area contributed by atoms with E-state index in [1.807, 2.05) is 6.08 Å². The maximum Gasteiger partial charge on any atom is 0.326 e. The Balaban J connectivity index is 1.09. The number of aromatic amines is 1. The number of carbonyl (C=O) groups excluding carboxylic acids is 1. The Bertz CT molecular complexity index is 1590. The van der Waals surface area contributed by atoms with Gasteiger partial charge in [-0.2, -0.15) is 0 Å². The van der Waals surface area contributed by atoms with Crippen molar-refractivity contribution in [2.45, 2.75) is 83.0 Å². The van der Waals surface area contributed by atoms with E-state index in [0.717, 1.165) is 36.8 Å². The number of oxime groups is 1. The number of carbonyl (C=O) groups is 2. The molecule has 0 spiro atoms. The molecule has 4 aliphatic rings. The number of fused-ring (bicyclic) bond motifs is 6. The van der Waals surface area contributed by atoms with Gasteiger partial charge in [0.25, 0.3) is 5.91 Å². The minimum atomic E-state index is -1.18. The maximum atomic E-state index is 12.6. The molecule has 1 aromatic heterocycles. The van der Waals surface area contributed by atoms with Crippen LogP contribution in [-0.2, 0) is 20.8 Å². The lowest BCUT2D eigenvalue weighted by molar-refractivity contribution is -0.153. The van der Waals surface area contributed by atoms with Gasteiger partial charge in [-0.15, -0.1) is 6.42 Å². The number of H-pyrrole nitrogens is 1. The summed E-state index contributed by atoms with van der Waals surface area (Å²) in [4.78, 5) is 32.9. The Labute approximate surface area is 256 Å². The van der Waals surface area contributed by atoms with E-state index in [4.69, 9.17) is 11.3 Å². The van der Waals surface area contributed by atoms with Crippen molar-refractivity contribution >= 4 is 28.5 Å². The molecule has 10 nitrogen and oxygen atoms in total. The van der Waals surface area contributed by atoms with Crippen LogP contribution in [0.15, 0.2) is 41.2 Å². The van der Waals surface area contributed by atoms with Gasteiger partial charge in [-0.1, -0.05) is 30.5 Å². The fraction of sp³-hybridized carbons (Fsp3) is 0.559. The van der Waals surface area contributed by atoms with Gasteiger partial charge in [-0.3, -0.25) is 4.79 Å². The maximum absolute atomic E-state index is 12.6. The molecule has 3 saturated carbocycles. The third-order valence-corrected chi connectivity index (χ3v) is 11.5. The standard InChI is InChI=1S/C34H41N3O7/c1-4-34(43)12-10-25-24-7-5-20-14-21(9-11-32(20,2)30(24)28(39)16-33(25,34)3)37-44-18-29(40)36-27(31(41)42)13-19-17-35-26-15-22(38)6-8-23(19)26/h1,6,8,14-15,17,24-25,27-28,30,35,38-39,43H,5,7,9-13,16,18H2,2-3H3,(H,36,40)(H,41,42)/b37-21-/t24-,25-,27+,28+,30+,32-,33-,34-/m0/s1. The molecular weight excluding hydrogens is 562 g/mol. The number of benzene rings is 1. The van der Waals surface area contributed by atoms with Crippen molar-refractivity contribution in [2.24, 2.45) is 33.7 Å². The number of carboxylic acids is 1. The molecule has 6 N–H and O–H groups in total. The first-order valence-corrected chi connectivity index (χ1v) is 15.5. The first-order valence-electron chi connectivity index (χ1n) is 15.5. The molecule has 3 fully saturated rings. The summed E-state index contributed by atoms with van der Waals surface area (Å²) in [7, 11) is 0. The number of hydrogen-bond acceptors (Lipinski definition) is 7. The Morgan fingerprint density at radius 3 is 2.80 bits per heavy atom. The van der Waals surface area contributed by atoms with E-state index >= 15 is 0 Å². The van der Waals surface area contributed by atoms with Crippen molar-refractivity contribution in [3.05, 3.63) is 41.6 Å². The fourth-order valence-electron chi connectivity index (χ4n) is 9.19. The number of amides is 1. The highest BCUT2D eigenvalue weighted by Gasteiger charge is 2.66. The number of nitrogens with zero attached hydrogens (tertiary/aromatic N) is 1. The molecule has 0 unspecified atom stereocenters. The van der Waals surface area contributed by atoms with Crippen LogP contribution in [0, 0.1) is 40.9 Å². The Morgan fingerprint density at radius 1 is 1.25 bits per heavy atom. The molecule has 0 aliphatic heterocycles. The molecule has 1 amide bonds. The smallest absolute Gasteiger partial charge is 0.326 e. The van der Waals surface area contributed by atoms with Crippen LogP contribution in [0.2, 0.25) is 0 Å². The van der Waals surface area contributed by atoms with Crippen molar-refractivity contribution in [2.75, 3.05) is 6.61 Å². The third kappa shape index (κ3) is 4.87. The van der Waals surface area contributed by atoms with Gasteiger partial charge in [0.15, 0.2) is 6.61 Å². The second kappa shape index (κ2) is 11.0. The zero-order valence-electron chi connectivity index (χ0n) is 25.2. The summed E-state index contributed by atoms with van der Waals surface area (Å²) in [5, 5.41) is 49.7. The minimum absolute atomic E-state index is 0.0566. The number of aliphatic hydroxyl groups excluding tert-OH is 1. The molecule has 10 heteroatoms. The Hall–Kier alpha value is -3.81. The summed E-state index contributed by atoms with van der Waals surface area (Å²) in [5.74, 6) is 1.63. The molecule has 2 aromatic rings. The van der Waals surface area contributed by atoms with Crippen molar-refractivity contribution < 1.29 is 34.9 Å². The number of allylic oxidation sites excluding steroid dienone is 2. The molecular formula is C34H41N3O7. The van der Waals surface area contributed by atoms with E-state index in [2.05, 4.69) is 35.2 Å². The van der Waals surface area contributed by atoms with E-state index < -0.39 is 41.6 Å². The topological polar surface area (TPSA) is 164 Å². The zero-order valence-corrected chi connectivity index (χ0v) is 25.2. The molecule has 0 bridgehead atoms. The number of hydrogen-bond donors (Lipinski definition) is 6. The van der Waals surface area contributed by atoms with Gasteiger partial charge < -0.3 is 35.6 Å². The number of aromatic nitrogens is 1. The molecule has 1 heterocycles. The average Bonchev–Trinajstić information content (AvgIpc) is 3.49. The number of terminal acetylenes is 1. The van der Waals surface area contributed by atoms with Crippen LogP contribution in [0.3, 0.4) is 0 Å². The van der Waals surface area contributed by atoms with E-state index in [1.165, 1.54) is 11.6 Å². The van der Waals surface area contributed by atoms with E-state index in [9.17, 15) is 30.0 Å². The SMILES string of the molecule is C#C[C@]1(O)CC[C@H]2[C@@H]3CCC4=C/C(=N\OCC(=O)N[C@H](Cc5c[nH]c6cc(O)ccc56)C(=O)O)CC[C@]4(C)[C@H]3[C@H](O)C[C@@]21C. The van der Waals surface area contributed by atoms with Crippen LogP contribution < -0.4 is 5.32 Å². The van der Waals surface area contributed by atoms with Crippen LogP contribution >= 0.6 is 0 Å². The Kier molecular flexibility index (Phi) is 7.53. The number of aliphatic hydroxyl groups is 2. The van der Waals surface area contributed by atoms with Crippen molar-refractivity contribution in [3.63, 3.8) is 0 Å². The predicted octanol–water partition coefficient (Wildman–Crippen LogP) is 3.66. The molecule has 0 saturated heterocycles. The van der Waals surface area contributed by atoms with Crippen LogP contribution in [-0.4, -0.2) is 67.4 Å².